The Morgan fingerprint density at radius 2 is 2.00 bits per heavy atom. The number of thiophene rings is 1. The highest BCUT2D eigenvalue weighted by molar-refractivity contribution is 7.08. The lowest BCUT2D eigenvalue weighted by atomic mass is 9.98. The van der Waals surface area contributed by atoms with Gasteiger partial charge in [-0.15, -0.1) is 0 Å². The van der Waals surface area contributed by atoms with Crippen molar-refractivity contribution in [1.29, 1.82) is 0 Å². The van der Waals surface area contributed by atoms with Gasteiger partial charge < -0.3 is 10.8 Å². The molecule has 3 nitrogen and oxygen atoms in total. The van der Waals surface area contributed by atoms with Crippen LogP contribution in [0.15, 0.2) is 10.8 Å². The first-order valence-corrected chi connectivity index (χ1v) is 4.62. The number of rotatable bonds is 1. The van der Waals surface area contributed by atoms with Gasteiger partial charge in [0.15, 0.2) is 0 Å². The summed E-state index contributed by atoms with van der Waals surface area (Å²) in [5.41, 5.74) is 6.86. The minimum absolute atomic E-state index is 0.473. The Morgan fingerprint density at radius 3 is 2.42 bits per heavy atom. The zero-order valence-electron chi connectivity index (χ0n) is 6.41. The van der Waals surface area contributed by atoms with Gasteiger partial charge in [0.2, 0.25) is 0 Å². The van der Waals surface area contributed by atoms with Crippen LogP contribution in [0.5, 0.6) is 0 Å². The second-order valence-corrected chi connectivity index (χ2v) is 3.98. The second-order valence-electron chi connectivity index (χ2n) is 3.24. The number of hydrogen-bond acceptors (Lipinski definition) is 3. The number of hydrogen-bond donors (Lipinski definition) is 2. The first kappa shape index (κ1) is 7.76. The van der Waals surface area contributed by atoms with Crippen LogP contribution in [0.1, 0.15) is 11.1 Å². The average Bonchev–Trinajstić information content (AvgIpc) is 2.44. The van der Waals surface area contributed by atoms with Gasteiger partial charge in [-0.05, 0) is 21.9 Å². The third kappa shape index (κ3) is 0.956. The third-order valence-electron chi connectivity index (χ3n) is 2.27. The lowest BCUT2D eigenvalue weighted by Crippen LogP contribution is -2.48. The smallest absolute Gasteiger partial charge is 0.324 e. The highest BCUT2D eigenvalue weighted by atomic mass is 32.1. The van der Waals surface area contributed by atoms with Gasteiger partial charge in [0.25, 0.3) is 0 Å². The van der Waals surface area contributed by atoms with E-state index in [2.05, 4.69) is 0 Å². The van der Waals surface area contributed by atoms with Crippen LogP contribution in [0.2, 0.25) is 0 Å². The summed E-state index contributed by atoms with van der Waals surface area (Å²) in [6.45, 7) is 0. The van der Waals surface area contributed by atoms with Crippen LogP contribution < -0.4 is 5.73 Å². The predicted octanol–water partition coefficient (Wildman–Crippen LogP) is 0.629. The molecule has 1 aliphatic carbocycles. The monoisotopic (exact) mass is 183 g/mol. The molecular formula is C8H9NO2S. The van der Waals surface area contributed by atoms with Crippen molar-refractivity contribution in [2.45, 2.75) is 18.4 Å². The summed E-state index contributed by atoms with van der Waals surface area (Å²) < 4.78 is 0. The Kier molecular flexibility index (Phi) is 1.49. The number of carboxylic acid groups (broad SMARTS) is 1. The molecule has 1 aliphatic rings. The Balaban J connectivity index is 2.32. The summed E-state index contributed by atoms with van der Waals surface area (Å²) in [5.74, 6) is -0.899. The second kappa shape index (κ2) is 2.31. The van der Waals surface area contributed by atoms with E-state index in [1.165, 1.54) is 0 Å². The molecule has 3 N–H and O–H groups in total. The minimum Gasteiger partial charge on any atom is -0.480 e. The van der Waals surface area contributed by atoms with Crippen molar-refractivity contribution in [2.24, 2.45) is 5.73 Å². The first-order chi connectivity index (χ1) is 5.62. The van der Waals surface area contributed by atoms with Crippen molar-refractivity contribution in [3.8, 4) is 0 Å². The first-order valence-electron chi connectivity index (χ1n) is 3.68. The van der Waals surface area contributed by atoms with Gasteiger partial charge in [-0.3, -0.25) is 4.79 Å². The maximum absolute atomic E-state index is 10.8. The highest BCUT2D eigenvalue weighted by Gasteiger charge is 2.40. The molecule has 1 aromatic rings. The molecule has 0 unspecified atom stereocenters. The van der Waals surface area contributed by atoms with E-state index in [0.29, 0.717) is 12.8 Å². The molecule has 1 heterocycles. The lowest BCUT2D eigenvalue weighted by molar-refractivity contribution is -0.142. The predicted molar refractivity (Wildman–Crippen MR) is 46.3 cm³/mol. The zero-order chi connectivity index (χ0) is 8.77. The summed E-state index contributed by atoms with van der Waals surface area (Å²) >= 11 is 1.61. The number of aliphatic carboxylic acids is 1. The maximum atomic E-state index is 10.8. The van der Waals surface area contributed by atoms with E-state index in [9.17, 15) is 4.79 Å². The van der Waals surface area contributed by atoms with E-state index >= 15 is 0 Å². The van der Waals surface area contributed by atoms with Crippen LogP contribution in [0.3, 0.4) is 0 Å². The highest BCUT2D eigenvalue weighted by Crippen LogP contribution is 2.31. The number of carbonyl (C=O) groups is 1. The number of fused-ring (bicyclic) bond motifs is 1. The van der Waals surface area contributed by atoms with E-state index in [0.717, 1.165) is 11.1 Å². The fourth-order valence-corrected chi connectivity index (χ4v) is 2.42. The molecule has 0 atom stereocenters. The van der Waals surface area contributed by atoms with E-state index in [1.807, 2.05) is 10.8 Å². The molecule has 4 heteroatoms. The Morgan fingerprint density at radius 1 is 1.50 bits per heavy atom. The van der Waals surface area contributed by atoms with Gasteiger partial charge in [0, 0.05) is 12.8 Å². The van der Waals surface area contributed by atoms with Gasteiger partial charge in [0.1, 0.15) is 5.54 Å². The van der Waals surface area contributed by atoms with Crippen molar-refractivity contribution >= 4 is 17.3 Å². The number of carboxylic acids is 1. The van der Waals surface area contributed by atoms with E-state index in [-0.39, 0.29) is 0 Å². The fraction of sp³-hybridized carbons (Fsp3) is 0.375. The van der Waals surface area contributed by atoms with Crippen LogP contribution in [-0.2, 0) is 17.6 Å². The summed E-state index contributed by atoms with van der Waals surface area (Å²) in [7, 11) is 0. The topological polar surface area (TPSA) is 63.3 Å². The normalized spacial score (nSPS) is 19.1. The summed E-state index contributed by atoms with van der Waals surface area (Å²) in [4.78, 5) is 10.8. The van der Waals surface area contributed by atoms with E-state index in [4.69, 9.17) is 10.8 Å². The van der Waals surface area contributed by atoms with Crippen molar-refractivity contribution < 1.29 is 9.90 Å². The molecule has 0 fully saturated rings. The molecule has 0 aromatic carbocycles. The summed E-state index contributed by atoms with van der Waals surface area (Å²) in [6.07, 6.45) is 0.947. The SMILES string of the molecule is NC1(C(=O)O)Cc2cscc2C1. The van der Waals surface area contributed by atoms with Crippen molar-refractivity contribution in [3.63, 3.8) is 0 Å². The van der Waals surface area contributed by atoms with Crippen molar-refractivity contribution in [2.75, 3.05) is 0 Å². The molecule has 1 aromatic heterocycles. The van der Waals surface area contributed by atoms with Crippen LogP contribution >= 0.6 is 11.3 Å². The molecule has 0 amide bonds. The molecule has 0 bridgehead atoms. The molecule has 2 rings (SSSR count). The van der Waals surface area contributed by atoms with E-state index in [1.54, 1.807) is 11.3 Å². The van der Waals surface area contributed by atoms with Crippen molar-refractivity contribution in [1.82, 2.24) is 0 Å². The maximum Gasteiger partial charge on any atom is 0.324 e. The lowest BCUT2D eigenvalue weighted by Gasteiger charge is -2.16. The quantitative estimate of drug-likeness (QED) is 0.671. The zero-order valence-corrected chi connectivity index (χ0v) is 7.23. The van der Waals surface area contributed by atoms with Gasteiger partial charge in [0.05, 0.1) is 0 Å². The molecule has 0 spiro atoms. The van der Waals surface area contributed by atoms with E-state index < -0.39 is 11.5 Å². The van der Waals surface area contributed by atoms with Crippen LogP contribution in [0.25, 0.3) is 0 Å². The standard InChI is InChI=1S/C8H9NO2S/c9-8(7(10)11)1-5-3-12-4-6(5)2-8/h3-4H,1-2,9H2,(H,10,11). The average molecular weight is 183 g/mol. The fourth-order valence-electron chi connectivity index (χ4n) is 1.55. The van der Waals surface area contributed by atoms with Gasteiger partial charge in [-0.1, -0.05) is 0 Å². The van der Waals surface area contributed by atoms with Crippen LogP contribution in [0, 0.1) is 0 Å². The molecule has 0 radical (unpaired) electrons. The molecule has 0 saturated heterocycles. The van der Waals surface area contributed by atoms with Crippen LogP contribution in [0.4, 0.5) is 0 Å². The van der Waals surface area contributed by atoms with Gasteiger partial charge >= 0.3 is 5.97 Å². The molecule has 12 heavy (non-hydrogen) atoms. The Hall–Kier alpha value is -0.870. The Bertz CT molecular complexity index is 311. The summed E-state index contributed by atoms with van der Waals surface area (Å²) in [5, 5.41) is 12.8. The number of nitrogens with two attached hydrogens (primary N) is 1. The largest absolute Gasteiger partial charge is 0.480 e. The minimum atomic E-state index is -1.04. The molecule has 0 aliphatic heterocycles. The summed E-state index contributed by atoms with van der Waals surface area (Å²) in [6, 6.07) is 0. The molecule has 0 saturated carbocycles. The third-order valence-corrected chi connectivity index (χ3v) is 3.11. The van der Waals surface area contributed by atoms with Crippen LogP contribution in [-0.4, -0.2) is 16.6 Å². The molecule has 64 valence electrons. The molecular weight excluding hydrogens is 174 g/mol. The Labute approximate surface area is 73.8 Å². The van der Waals surface area contributed by atoms with Gasteiger partial charge in [-0.25, -0.2) is 0 Å². The van der Waals surface area contributed by atoms with Crippen molar-refractivity contribution in [3.05, 3.63) is 21.9 Å². The van der Waals surface area contributed by atoms with Gasteiger partial charge in [-0.2, -0.15) is 11.3 Å².